The third-order valence-electron chi connectivity index (χ3n) is 7.40. The van der Waals surface area contributed by atoms with Gasteiger partial charge in [-0.2, -0.15) is 13.2 Å². The van der Waals surface area contributed by atoms with Crippen molar-refractivity contribution in [2.24, 2.45) is 11.8 Å². The molecular weight excluding hydrogens is 643 g/mol. The van der Waals surface area contributed by atoms with Crippen molar-refractivity contribution in [1.29, 1.82) is 0 Å². The summed E-state index contributed by atoms with van der Waals surface area (Å²) in [6, 6.07) is 16.0. The summed E-state index contributed by atoms with van der Waals surface area (Å²) in [5, 5.41) is 0.196. The number of benzene rings is 3. The van der Waals surface area contributed by atoms with Crippen molar-refractivity contribution in [1.82, 2.24) is 4.90 Å². The van der Waals surface area contributed by atoms with Crippen molar-refractivity contribution in [2.45, 2.75) is 66.6 Å². The SMILES string of the molecule is CC(C)CN(Cc1c(OC(=O)C=Cc2ccc(C(C)(C)C)cc2)ccc2c(=O)c(Oc3ccc(Cl)cc3)c(C(F)(F)F)oc12)CC(C)C. The topological polar surface area (TPSA) is 69.0 Å². The molecule has 0 fully saturated rings. The molecule has 0 spiro atoms. The molecule has 0 saturated heterocycles. The minimum Gasteiger partial charge on any atom is -0.449 e. The molecule has 0 bridgehead atoms. The summed E-state index contributed by atoms with van der Waals surface area (Å²) in [4.78, 5) is 28.8. The standard InChI is InChI=1S/C38H41ClF3NO5/c1-23(2)20-43(21-24(3)4)22-30-31(47-32(44)19-10-25-8-11-26(12-9-25)37(5,6)7)18-17-29-33(45)35(36(38(40,41)42)48-34(29)30)46-28-15-13-27(39)14-16-28/h8-19,23-24H,20-22H2,1-7H3. The maximum absolute atomic E-state index is 14.5. The number of nitrogens with zero attached hydrogens (tertiary/aromatic N) is 1. The molecule has 4 aromatic rings. The lowest BCUT2D eigenvalue weighted by Crippen LogP contribution is -2.31. The molecule has 48 heavy (non-hydrogen) atoms. The van der Waals surface area contributed by atoms with Gasteiger partial charge in [0.1, 0.15) is 17.1 Å². The lowest BCUT2D eigenvalue weighted by Gasteiger charge is -2.27. The van der Waals surface area contributed by atoms with E-state index >= 15 is 0 Å². The first-order chi connectivity index (χ1) is 22.4. The van der Waals surface area contributed by atoms with E-state index in [0.717, 1.165) is 11.1 Å². The van der Waals surface area contributed by atoms with Crippen molar-refractivity contribution in [3.8, 4) is 17.2 Å². The Morgan fingerprint density at radius 3 is 2.06 bits per heavy atom. The van der Waals surface area contributed by atoms with Crippen LogP contribution in [-0.4, -0.2) is 24.0 Å². The minimum atomic E-state index is -5.08. The Kier molecular flexibility index (Phi) is 11.5. The van der Waals surface area contributed by atoms with E-state index in [1.165, 1.54) is 42.5 Å². The van der Waals surface area contributed by atoms with E-state index in [4.69, 9.17) is 25.5 Å². The highest BCUT2D eigenvalue weighted by molar-refractivity contribution is 6.30. The summed E-state index contributed by atoms with van der Waals surface area (Å²) in [6.07, 6.45) is -2.23. The second-order valence-electron chi connectivity index (χ2n) is 13.7. The quantitative estimate of drug-likeness (QED) is 0.0890. The van der Waals surface area contributed by atoms with Crippen LogP contribution in [-0.2, 0) is 22.9 Å². The average Bonchev–Trinajstić information content (AvgIpc) is 2.98. The van der Waals surface area contributed by atoms with E-state index < -0.39 is 29.1 Å². The Morgan fingerprint density at radius 1 is 0.917 bits per heavy atom. The van der Waals surface area contributed by atoms with Crippen LogP contribution in [0.5, 0.6) is 17.2 Å². The molecule has 0 aliphatic heterocycles. The number of ether oxygens (including phenoxy) is 2. The van der Waals surface area contributed by atoms with Gasteiger partial charge < -0.3 is 13.9 Å². The van der Waals surface area contributed by atoms with Gasteiger partial charge in [0, 0.05) is 30.7 Å². The van der Waals surface area contributed by atoms with Gasteiger partial charge in [0.05, 0.1) is 10.9 Å². The van der Waals surface area contributed by atoms with Crippen molar-refractivity contribution in [3.05, 3.63) is 104 Å². The second-order valence-corrected chi connectivity index (χ2v) is 14.1. The third-order valence-corrected chi connectivity index (χ3v) is 7.65. The predicted octanol–water partition coefficient (Wildman–Crippen LogP) is 10.3. The number of rotatable bonds is 11. The molecule has 256 valence electrons. The van der Waals surface area contributed by atoms with Crippen molar-refractivity contribution >= 4 is 34.6 Å². The molecule has 3 aromatic carbocycles. The van der Waals surface area contributed by atoms with E-state index in [0.29, 0.717) is 18.1 Å². The Morgan fingerprint density at radius 2 is 1.52 bits per heavy atom. The summed E-state index contributed by atoms with van der Waals surface area (Å²) < 4.78 is 60.2. The fourth-order valence-corrected chi connectivity index (χ4v) is 5.41. The number of esters is 1. The van der Waals surface area contributed by atoms with E-state index in [-0.39, 0.29) is 51.8 Å². The molecule has 0 atom stereocenters. The van der Waals surface area contributed by atoms with Crippen molar-refractivity contribution < 1.29 is 31.9 Å². The van der Waals surface area contributed by atoms with Crippen LogP contribution in [0.25, 0.3) is 17.0 Å². The summed E-state index contributed by atoms with van der Waals surface area (Å²) in [6.45, 7) is 15.7. The van der Waals surface area contributed by atoms with E-state index in [1.807, 2.05) is 56.9 Å². The van der Waals surface area contributed by atoms with Gasteiger partial charge in [-0.1, -0.05) is 84.3 Å². The highest BCUT2D eigenvalue weighted by Crippen LogP contribution is 2.40. The molecule has 0 aliphatic rings. The Hall–Kier alpha value is -4.08. The zero-order valence-electron chi connectivity index (χ0n) is 28.2. The number of alkyl halides is 3. The number of halogens is 4. The van der Waals surface area contributed by atoms with Gasteiger partial charge in [-0.15, -0.1) is 0 Å². The molecule has 1 aromatic heterocycles. The average molecular weight is 684 g/mol. The van der Waals surface area contributed by atoms with Gasteiger partial charge in [-0.3, -0.25) is 9.69 Å². The largest absolute Gasteiger partial charge is 0.453 e. The maximum Gasteiger partial charge on any atom is 0.453 e. The van der Waals surface area contributed by atoms with Crippen LogP contribution in [0.15, 0.2) is 76.0 Å². The molecule has 6 nitrogen and oxygen atoms in total. The van der Waals surface area contributed by atoms with Crippen LogP contribution >= 0.6 is 11.6 Å². The molecule has 1 heterocycles. The maximum atomic E-state index is 14.5. The van der Waals surface area contributed by atoms with Crippen molar-refractivity contribution in [3.63, 3.8) is 0 Å². The lowest BCUT2D eigenvalue weighted by atomic mass is 9.87. The number of hydrogen-bond acceptors (Lipinski definition) is 6. The van der Waals surface area contributed by atoms with Gasteiger partial charge in [0.2, 0.25) is 11.2 Å². The van der Waals surface area contributed by atoms with Gasteiger partial charge in [-0.05, 0) is 70.9 Å². The molecule has 0 radical (unpaired) electrons. The van der Waals surface area contributed by atoms with E-state index in [9.17, 15) is 22.8 Å². The molecular formula is C38H41ClF3NO5. The Bertz CT molecular complexity index is 1810. The van der Waals surface area contributed by atoms with E-state index in [1.54, 1.807) is 6.08 Å². The number of carbonyl (C=O) groups excluding carboxylic acids is 1. The number of carbonyl (C=O) groups is 1. The fourth-order valence-electron chi connectivity index (χ4n) is 5.29. The van der Waals surface area contributed by atoms with Crippen molar-refractivity contribution in [2.75, 3.05) is 13.1 Å². The monoisotopic (exact) mass is 683 g/mol. The molecule has 4 rings (SSSR count). The van der Waals surface area contributed by atoms with Crippen LogP contribution in [0.3, 0.4) is 0 Å². The molecule has 0 saturated carbocycles. The zero-order chi connectivity index (χ0) is 35.4. The first-order valence-corrected chi connectivity index (χ1v) is 16.2. The van der Waals surface area contributed by atoms with E-state index in [2.05, 4.69) is 20.8 Å². The third kappa shape index (κ3) is 9.51. The van der Waals surface area contributed by atoms with Crippen LogP contribution < -0.4 is 14.9 Å². The van der Waals surface area contributed by atoms with Gasteiger partial charge in [0.15, 0.2) is 0 Å². The predicted molar refractivity (Wildman–Crippen MR) is 184 cm³/mol. The zero-order valence-corrected chi connectivity index (χ0v) is 29.0. The Balaban J connectivity index is 1.82. The summed E-state index contributed by atoms with van der Waals surface area (Å²) in [7, 11) is 0. The number of fused-ring (bicyclic) bond motifs is 1. The molecule has 10 heteroatoms. The molecule has 0 unspecified atom stereocenters. The highest BCUT2D eigenvalue weighted by atomic mass is 35.5. The minimum absolute atomic E-state index is 0.0135. The fraction of sp³-hybridized carbons (Fsp3) is 0.368. The number of hydrogen-bond donors (Lipinski definition) is 0. The highest BCUT2D eigenvalue weighted by Gasteiger charge is 2.41. The van der Waals surface area contributed by atoms with Gasteiger partial charge in [0.25, 0.3) is 5.76 Å². The second kappa shape index (κ2) is 15.0. The van der Waals surface area contributed by atoms with Gasteiger partial charge in [-0.25, -0.2) is 4.79 Å². The van der Waals surface area contributed by atoms with Crippen LogP contribution in [0.2, 0.25) is 5.02 Å². The summed E-state index contributed by atoms with van der Waals surface area (Å²) >= 11 is 5.91. The lowest BCUT2D eigenvalue weighted by molar-refractivity contribution is -0.154. The Labute approximate surface area is 284 Å². The van der Waals surface area contributed by atoms with Crippen LogP contribution in [0.4, 0.5) is 13.2 Å². The summed E-state index contributed by atoms with van der Waals surface area (Å²) in [5.41, 5.74) is 0.669. The molecule has 0 N–H and O–H groups in total. The summed E-state index contributed by atoms with van der Waals surface area (Å²) in [5.74, 6) is -2.95. The normalized spacial score (nSPS) is 12.5. The first kappa shape index (κ1) is 36.8. The first-order valence-electron chi connectivity index (χ1n) is 15.8. The molecule has 0 aliphatic carbocycles. The molecule has 0 amide bonds. The smallest absolute Gasteiger partial charge is 0.449 e. The van der Waals surface area contributed by atoms with Gasteiger partial charge >= 0.3 is 12.1 Å². The van der Waals surface area contributed by atoms with Crippen LogP contribution in [0, 0.1) is 11.8 Å². The van der Waals surface area contributed by atoms with Crippen LogP contribution in [0.1, 0.15) is 70.9 Å².